The molecule has 0 aliphatic carbocycles. The number of rotatable bonds is 2. The van der Waals surface area contributed by atoms with E-state index in [1.165, 1.54) is 12.1 Å². The standard InChI is InChI=1S/C16H10ClF4NO3/c17-11-5-8(6-13-14(11)25-4-3-24-13)15(23)22-9-1-2-12(18)10(7-9)16(19,20)21/h1-2,5-7H,3-4H2,(H,22,23). The van der Waals surface area contributed by atoms with E-state index in [0.29, 0.717) is 24.5 Å². The number of ether oxygens (including phenoxy) is 2. The zero-order valence-electron chi connectivity index (χ0n) is 12.4. The fourth-order valence-corrected chi connectivity index (χ4v) is 2.53. The molecular weight excluding hydrogens is 366 g/mol. The van der Waals surface area contributed by atoms with Crippen molar-refractivity contribution >= 4 is 23.2 Å². The van der Waals surface area contributed by atoms with Crippen molar-refractivity contribution in [2.75, 3.05) is 18.5 Å². The van der Waals surface area contributed by atoms with Crippen LogP contribution in [0, 0.1) is 5.82 Å². The van der Waals surface area contributed by atoms with Crippen molar-refractivity contribution in [2.45, 2.75) is 6.18 Å². The van der Waals surface area contributed by atoms with Crippen molar-refractivity contribution in [2.24, 2.45) is 0 Å². The Bertz CT molecular complexity index is 839. The summed E-state index contributed by atoms with van der Waals surface area (Å²) in [5.74, 6) is -1.59. The summed E-state index contributed by atoms with van der Waals surface area (Å²) < 4.78 is 62.1. The normalized spacial score (nSPS) is 13.5. The molecule has 0 spiro atoms. The maximum atomic E-state index is 13.3. The predicted molar refractivity (Wildman–Crippen MR) is 81.8 cm³/mol. The molecule has 1 amide bonds. The van der Waals surface area contributed by atoms with E-state index in [1.807, 2.05) is 0 Å². The Kier molecular flexibility index (Phi) is 4.47. The lowest BCUT2D eigenvalue weighted by Gasteiger charge is -2.20. The first-order valence-electron chi connectivity index (χ1n) is 7.03. The Balaban J connectivity index is 1.87. The number of benzene rings is 2. The third kappa shape index (κ3) is 3.63. The molecule has 0 radical (unpaired) electrons. The summed E-state index contributed by atoms with van der Waals surface area (Å²) in [5, 5.41) is 2.41. The zero-order chi connectivity index (χ0) is 18.2. The molecule has 0 aromatic heterocycles. The second kappa shape index (κ2) is 6.44. The van der Waals surface area contributed by atoms with Gasteiger partial charge in [-0.15, -0.1) is 0 Å². The first-order valence-corrected chi connectivity index (χ1v) is 7.41. The first-order chi connectivity index (χ1) is 11.8. The molecule has 2 aromatic rings. The number of alkyl halides is 3. The molecule has 1 aliphatic rings. The zero-order valence-corrected chi connectivity index (χ0v) is 13.2. The third-order valence-electron chi connectivity index (χ3n) is 3.39. The van der Waals surface area contributed by atoms with Crippen molar-refractivity contribution in [3.63, 3.8) is 0 Å². The summed E-state index contributed by atoms with van der Waals surface area (Å²) in [4.78, 5) is 12.3. The lowest BCUT2D eigenvalue weighted by atomic mass is 10.1. The quantitative estimate of drug-likeness (QED) is 0.785. The molecule has 3 rings (SSSR count). The lowest BCUT2D eigenvalue weighted by molar-refractivity contribution is -0.139. The Hall–Kier alpha value is -2.48. The largest absolute Gasteiger partial charge is 0.486 e. The van der Waals surface area contributed by atoms with Crippen LogP contribution >= 0.6 is 11.6 Å². The molecule has 1 N–H and O–H groups in total. The first kappa shape index (κ1) is 17.3. The molecule has 9 heteroatoms. The average Bonchev–Trinajstić information content (AvgIpc) is 2.55. The molecule has 0 fully saturated rings. The summed E-state index contributed by atoms with van der Waals surface area (Å²) >= 11 is 6.02. The smallest absolute Gasteiger partial charge is 0.419 e. The SMILES string of the molecule is O=C(Nc1ccc(F)c(C(F)(F)F)c1)c1cc(Cl)c2c(c1)OCCO2. The van der Waals surface area contributed by atoms with Crippen molar-refractivity contribution in [3.8, 4) is 11.5 Å². The number of anilines is 1. The van der Waals surface area contributed by atoms with Gasteiger partial charge in [-0.2, -0.15) is 13.2 Å². The maximum Gasteiger partial charge on any atom is 0.419 e. The van der Waals surface area contributed by atoms with E-state index in [2.05, 4.69) is 5.32 Å². The summed E-state index contributed by atoms with van der Waals surface area (Å²) in [6, 6.07) is 4.85. The minimum atomic E-state index is -4.87. The summed E-state index contributed by atoms with van der Waals surface area (Å²) in [7, 11) is 0. The van der Waals surface area contributed by atoms with E-state index < -0.39 is 23.5 Å². The van der Waals surface area contributed by atoms with Crippen LogP contribution in [0.2, 0.25) is 5.02 Å². The number of amides is 1. The number of hydrogen-bond acceptors (Lipinski definition) is 3. The van der Waals surface area contributed by atoms with Gasteiger partial charge in [0.2, 0.25) is 0 Å². The maximum absolute atomic E-state index is 13.3. The molecule has 2 aromatic carbocycles. The van der Waals surface area contributed by atoms with Gasteiger partial charge < -0.3 is 14.8 Å². The molecule has 0 saturated heterocycles. The monoisotopic (exact) mass is 375 g/mol. The molecule has 0 saturated carbocycles. The van der Waals surface area contributed by atoms with Crippen LogP contribution in [0.25, 0.3) is 0 Å². The van der Waals surface area contributed by atoms with E-state index in [-0.39, 0.29) is 28.6 Å². The van der Waals surface area contributed by atoms with Crippen LogP contribution in [-0.4, -0.2) is 19.1 Å². The number of fused-ring (bicyclic) bond motifs is 1. The summed E-state index contributed by atoms with van der Waals surface area (Å²) in [6.45, 7) is 0.593. The van der Waals surface area contributed by atoms with Gasteiger partial charge in [0.05, 0.1) is 10.6 Å². The van der Waals surface area contributed by atoms with Crippen molar-refractivity contribution in [1.29, 1.82) is 0 Å². The van der Waals surface area contributed by atoms with Crippen molar-refractivity contribution in [3.05, 3.63) is 52.3 Å². The molecule has 132 valence electrons. The predicted octanol–water partition coefficient (Wildman–Crippen LogP) is 4.52. The van der Waals surface area contributed by atoms with E-state index in [1.54, 1.807) is 0 Å². The lowest BCUT2D eigenvalue weighted by Crippen LogP contribution is -2.18. The highest BCUT2D eigenvalue weighted by Crippen LogP contribution is 2.38. The molecule has 0 bridgehead atoms. The molecule has 1 heterocycles. The Morgan fingerprint density at radius 3 is 2.56 bits per heavy atom. The molecule has 4 nitrogen and oxygen atoms in total. The third-order valence-corrected chi connectivity index (χ3v) is 3.67. The second-order valence-electron chi connectivity index (χ2n) is 5.13. The van der Waals surface area contributed by atoms with E-state index in [9.17, 15) is 22.4 Å². The topological polar surface area (TPSA) is 47.6 Å². The van der Waals surface area contributed by atoms with Gasteiger partial charge in [-0.3, -0.25) is 4.79 Å². The summed E-state index contributed by atoms with van der Waals surface area (Å²) in [6.07, 6.45) is -4.87. The van der Waals surface area contributed by atoms with Crippen LogP contribution in [0.15, 0.2) is 30.3 Å². The minimum Gasteiger partial charge on any atom is -0.486 e. The highest BCUT2D eigenvalue weighted by atomic mass is 35.5. The highest BCUT2D eigenvalue weighted by molar-refractivity contribution is 6.32. The van der Waals surface area contributed by atoms with Crippen LogP contribution in [0.5, 0.6) is 11.5 Å². The van der Waals surface area contributed by atoms with Crippen LogP contribution in [-0.2, 0) is 6.18 Å². The van der Waals surface area contributed by atoms with Gasteiger partial charge in [0.15, 0.2) is 11.5 Å². The van der Waals surface area contributed by atoms with Gasteiger partial charge in [0.25, 0.3) is 5.91 Å². The Labute approximate surface area is 144 Å². The van der Waals surface area contributed by atoms with Gasteiger partial charge in [0.1, 0.15) is 19.0 Å². The van der Waals surface area contributed by atoms with Crippen LogP contribution in [0.1, 0.15) is 15.9 Å². The van der Waals surface area contributed by atoms with E-state index in [4.69, 9.17) is 21.1 Å². The molecule has 1 aliphatic heterocycles. The van der Waals surface area contributed by atoms with Crippen LogP contribution in [0.4, 0.5) is 23.2 Å². The van der Waals surface area contributed by atoms with Crippen LogP contribution in [0.3, 0.4) is 0 Å². The molecular formula is C16H10ClF4NO3. The second-order valence-corrected chi connectivity index (χ2v) is 5.54. The molecule has 25 heavy (non-hydrogen) atoms. The Morgan fingerprint density at radius 1 is 1.12 bits per heavy atom. The molecule has 0 unspecified atom stereocenters. The van der Waals surface area contributed by atoms with Gasteiger partial charge in [-0.25, -0.2) is 4.39 Å². The van der Waals surface area contributed by atoms with Crippen molar-refractivity contribution in [1.82, 2.24) is 0 Å². The van der Waals surface area contributed by atoms with Crippen LogP contribution < -0.4 is 14.8 Å². The van der Waals surface area contributed by atoms with Gasteiger partial charge in [0, 0.05) is 11.3 Å². The number of hydrogen-bond donors (Lipinski definition) is 1. The van der Waals surface area contributed by atoms with Crippen molar-refractivity contribution < 1.29 is 31.8 Å². The number of nitrogens with one attached hydrogen (secondary N) is 1. The van der Waals surface area contributed by atoms with Gasteiger partial charge >= 0.3 is 6.18 Å². The minimum absolute atomic E-state index is 0.0622. The number of carbonyl (C=O) groups excluding carboxylic acids is 1. The van der Waals surface area contributed by atoms with E-state index in [0.717, 1.165) is 6.07 Å². The van der Waals surface area contributed by atoms with Gasteiger partial charge in [-0.1, -0.05) is 11.6 Å². The average molecular weight is 376 g/mol. The summed E-state index contributed by atoms with van der Waals surface area (Å²) in [5.41, 5.74) is -1.61. The fraction of sp³-hybridized carbons (Fsp3) is 0.188. The Morgan fingerprint density at radius 2 is 1.84 bits per heavy atom. The highest BCUT2D eigenvalue weighted by Gasteiger charge is 2.34. The van der Waals surface area contributed by atoms with E-state index >= 15 is 0 Å². The number of halogens is 5. The van der Waals surface area contributed by atoms with Gasteiger partial charge in [-0.05, 0) is 30.3 Å². The number of carbonyl (C=O) groups is 1. The fourth-order valence-electron chi connectivity index (χ4n) is 2.27. The molecule has 0 atom stereocenters.